The Bertz CT molecular complexity index is 803. The SMILES string of the molecule is O=C(c1ccco1)N1CC[C@]2(CCCN(Cc3ccc(F)cc3)C2=O)C1. The predicted octanol–water partition coefficient (Wildman–Crippen LogP) is 3.07. The van der Waals surface area contributed by atoms with Gasteiger partial charge < -0.3 is 14.2 Å². The summed E-state index contributed by atoms with van der Waals surface area (Å²) in [5.74, 6) is -0.0234. The molecule has 1 spiro atoms. The third-order valence-corrected chi connectivity index (χ3v) is 5.48. The Morgan fingerprint density at radius 2 is 1.96 bits per heavy atom. The number of furan rings is 1. The molecule has 2 fully saturated rings. The number of likely N-dealkylation sites (tertiary alicyclic amines) is 2. The number of hydrogen-bond acceptors (Lipinski definition) is 3. The minimum Gasteiger partial charge on any atom is -0.459 e. The molecule has 2 aliphatic heterocycles. The zero-order valence-corrected chi connectivity index (χ0v) is 14.5. The van der Waals surface area contributed by atoms with Crippen LogP contribution in [0.3, 0.4) is 0 Å². The molecule has 5 nitrogen and oxygen atoms in total. The Balaban J connectivity index is 1.47. The van der Waals surface area contributed by atoms with Gasteiger partial charge in [-0.05, 0) is 49.1 Å². The lowest BCUT2D eigenvalue weighted by atomic mass is 9.78. The number of amides is 2. The molecule has 2 aliphatic rings. The molecule has 1 atom stereocenters. The van der Waals surface area contributed by atoms with Gasteiger partial charge in [0.1, 0.15) is 5.82 Å². The van der Waals surface area contributed by atoms with E-state index in [-0.39, 0.29) is 17.6 Å². The lowest BCUT2D eigenvalue weighted by Gasteiger charge is -2.39. The molecule has 0 aliphatic carbocycles. The average molecular weight is 356 g/mol. The zero-order valence-electron chi connectivity index (χ0n) is 14.5. The highest BCUT2D eigenvalue weighted by Gasteiger charge is 2.49. The Labute approximate surface area is 151 Å². The van der Waals surface area contributed by atoms with E-state index in [0.29, 0.717) is 38.4 Å². The molecule has 1 aromatic heterocycles. The summed E-state index contributed by atoms with van der Waals surface area (Å²) in [6.07, 6.45) is 3.87. The van der Waals surface area contributed by atoms with Gasteiger partial charge in [-0.3, -0.25) is 9.59 Å². The van der Waals surface area contributed by atoms with Crippen molar-refractivity contribution in [3.05, 3.63) is 59.8 Å². The first kappa shape index (κ1) is 16.8. The molecule has 0 bridgehead atoms. The second kappa shape index (κ2) is 6.59. The molecule has 0 radical (unpaired) electrons. The first-order valence-corrected chi connectivity index (χ1v) is 8.94. The van der Waals surface area contributed by atoms with Gasteiger partial charge in [-0.25, -0.2) is 4.39 Å². The van der Waals surface area contributed by atoms with Crippen molar-refractivity contribution < 1.29 is 18.4 Å². The fraction of sp³-hybridized carbons (Fsp3) is 0.400. The number of benzene rings is 1. The molecule has 3 heterocycles. The van der Waals surface area contributed by atoms with E-state index in [1.807, 2.05) is 4.90 Å². The minimum atomic E-state index is -0.499. The quantitative estimate of drug-likeness (QED) is 0.849. The van der Waals surface area contributed by atoms with E-state index in [4.69, 9.17) is 4.42 Å². The lowest BCUT2D eigenvalue weighted by Crippen LogP contribution is -2.50. The van der Waals surface area contributed by atoms with Crippen LogP contribution >= 0.6 is 0 Å². The van der Waals surface area contributed by atoms with Gasteiger partial charge in [-0.1, -0.05) is 12.1 Å². The Kier molecular flexibility index (Phi) is 4.26. The number of carbonyl (C=O) groups is 2. The van der Waals surface area contributed by atoms with Crippen LogP contribution in [0.2, 0.25) is 0 Å². The van der Waals surface area contributed by atoms with Gasteiger partial charge >= 0.3 is 0 Å². The summed E-state index contributed by atoms with van der Waals surface area (Å²) in [6, 6.07) is 9.60. The zero-order chi connectivity index (χ0) is 18.1. The molecule has 2 amide bonds. The van der Waals surface area contributed by atoms with Crippen molar-refractivity contribution in [2.45, 2.75) is 25.8 Å². The first-order chi connectivity index (χ1) is 12.6. The van der Waals surface area contributed by atoms with Gasteiger partial charge in [0.05, 0.1) is 11.7 Å². The molecule has 2 saturated heterocycles. The Hall–Kier alpha value is -2.63. The van der Waals surface area contributed by atoms with Gasteiger partial charge in [0.2, 0.25) is 5.91 Å². The maximum atomic E-state index is 13.2. The molecular weight excluding hydrogens is 335 g/mol. The van der Waals surface area contributed by atoms with Crippen molar-refractivity contribution in [1.29, 1.82) is 0 Å². The predicted molar refractivity (Wildman–Crippen MR) is 92.7 cm³/mol. The summed E-state index contributed by atoms with van der Waals surface area (Å²) in [5.41, 5.74) is 0.416. The molecular formula is C20H21FN2O3. The highest BCUT2D eigenvalue weighted by atomic mass is 19.1. The van der Waals surface area contributed by atoms with Crippen LogP contribution in [0, 0.1) is 11.2 Å². The van der Waals surface area contributed by atoms with Gasteiger partial charge in [-0.15, -0.1) is 0 Å². The number of nitrogens with zero attached hydrogens (tertiary/aromatic N) is 2. The summed E-state index contributed by atoms with van der Waals surface area (Å²) in [7, 11) is 0. The number of halogens is 1. The van der Waals surface area contributed by atoms with Crippen LogP contribution in [-0.2, 0) is 11.3 Å². The summed E-state index contributed by atoms with van der Waals surface area (Å²) in [6.45, 7) is 2.18. The summed E-state index contributed by atoms with van der Waals surface area (Å²) >= 11 is 0. The summed E-state index contributed by atoms with van der Waals surface area (Å²) < 4.78 is 18.3. The number of hydrogen-bond donors (Lipinski definition) is 0. The van der Waals surface area contributed by atoms with E-state index in [9.17, 15) is 14.0 Å². The third kappa shape index (κ3) is 3.00. The smallest absolute Gasteiger partial charge is 0.289 e. The van der Waals surface area contributed by atoms with Crippen molar-refractivity contribution in [3.8, 4) is 0 Å². The van der Waals surface area contributed by atoms with Gasteiger partial charge in [-0.2, -0.15) is 0 Å². The topological polar surface area (TPSA) is 53.8 Å². The lowest BCUT2D eigenvalue weighted by molar-refractivity contribution is -0.146. The van der Waals surface area contributed by atoms with E-state index < -0.39 is 5.41 Å². The number of rotatable bonds is 3. The van der Waals surface area contributed by atoms with Crippen molar-refractivity contribution >= 4 is 11.8 Å². The Morgan fingerprint density at radius 1 is 1.15 bits per heavy atom. The van der Waals surface area contributed by atoms with Crippen LogP contribution in [0.25, 0.3) is 0 Å². The van der Waals surface area contributed by atoms with E-state index in [1.165, 1.54) is 18.4 Å². The minimum absolute atomic E-state index is 0.0998. The Morgan fingerprint density at radius 3 is 2.69 bits per heavy atom. The van der Waals surface area contributed by atoms with Crippen molar-refractivity contribution in [2.75, 3.05) is 19.6 Å². The fourth-order valence-corrected chi connectivity index (χ4v) is 4.09. The normalized spacial score (nSPS) is 23.0. The van der Waals surface area contributed by atoms with Gasteiger partial charge in [0.15, 0.2) is 5.76 Å². The molecule has 2 aromatic rings. The molecule has 4 rings (SSSR count). The van der Waals surface area contributed by atoms with Crippen LogP contribution in [0.4, 0.5) is 4.39 Å². The molecule has 1 aromatic carbocycles. The molecule has 6 heteroatoms. The molecule has 0 unspecified atom stereocenters. The van der Waals surface area contributed by atoms with Crippen molar-refractivity contribution in [2.24, 2.45) is 5.41 Å². The maximum Gasteiger partial charge on any atom is 0.289 e. The van der Waals surface area contributed by atoms with E-state index in [0.717, 1.165) is 18.4 Å². The molecule has 26 heavy (non-hydrogen) atoms. The van der Waals surface area contributed by atoms with Crippen LogP contribution in [0.5, 0.6) is 0 Å². The maximum absolute atomic E-state index is 13.2. The number of carbonyl (C=O) groups excluding carboxylic acids is 2. The largest absolute Gasteiger partial charge is 0.459 e. The summed E-state index contributed by atoms with van der Waals surface area (Å²) in [4.78, 5) is 29.2. The van der Waals surface area contributed by atoms with Crippen LogP contribution in [-0.4, -0.2) is 41.2 Å². The van der Waals surface area contributed by atoms with Gasteiger partial charge in [0.25, 0.3) is 5.91 Å². The van der Waals surface area contributed by atoms with Crippen molar-refractivity contribution in [3.63, 3.8) is 0 Å². The van der Waals surface area contributed by atoms with E-state index in [2.05, 4.69) is 0 Å². The third-order valence-electron chi connectivity index (χ3n) is 5.48. The molecule has 0 N–H and O–H groups in total. The van der Waals surface area contributed by atoms with E-state index in [1.54, 1.807) is 29.2 Å². The fourth-order valence-electron chi connectivity index (χ4n) is 4.09. The highest BCUT2D eigenvalue weighted by Crippen LogP contribution is 2.41. The number of piperidine rings is 1. The summed E-state index contributed by atoms with van der Waals surface area (Å²) in [5, 5.41) is 0. The first-order valence-electron chi connectivity index (χ1n) is 8.94. The molecule has 136 valence electrons. The molecule has 0 saturated carbocycles. The van der Waals surface area contributed by atoms with Crippen molar-refractivity contribution in [1.82, 2.24) is 9.80 Å². The second-order valence-electron chi connectivity index (χ2n) is 7.19. The average Bonchev–Trinajstić information content (AvgIpc) is 3.31. The standard InChI is InChI=1S/C20H21FN2O3/c21-16-6-4-15(5-7-16)13-22-10-2-8-20(19(22)25)9-11-23(14-20)18(24)17-3-1-12-26-17/h1,3-7,12H,2,8-11,13-14H2/t20-/m1/s1. The van der Waals surface area contributed by atoms with Crippen LogP contribution in [0.1, 0.15) is 35.4 Å². The van der Waals surface area contributed by atoms with Crippen LogP contribution in [0.15, 0.2) is 47.1 Å². The van der Waals surface area contributed by atoms with Crippen LogP contribution < -0.4 is 0 Å². The monoisotopic (exact) mass is 356 g/mol. The van der Waals surface area contributed by atoms with E-state index >= 15 is 0 Å². The highest BCUT2D eigenvalue weighted by molar-refractivity contribution is 5.93. The van der Waals surface area contributed by atoms with Gasteiger partial charge in [0, 0.05) is 26.2 Å². The second-order valence-corrected chi connectivity index (χ2v) is 7.19.